The van der Waals surface area contributed by atoms with E-state index in [1.807, 2.05) is 0 Å². The number of benzene rings is 1. The van der Waals surface area contributed by atoms with Crippen molar-refractivity contribution in [2.45, 2.75) is 19.1 Å². The quantitative estimate of drug-likeness (QED) is 0.625. The molecule has 1 atom stereocenters. The molecule has 1 heterocycles. The molecule has 1 unspecified atom stereocenters. The summed E-state index contributed by atoms with van der Waals surface area (Å²) >= 11 is 0. The molecule has 122 valence electrons. The molecule has 0 bridgehead atoms. The van der Waals surface area contributed by atoms with Crippen molar-refractivity contribution >= 4 is 16.1 Å². The number of hydrogen-bond acceptors (Lipinski definition) is 3. The average Bonchev–Trinajstić information content (AvgIpc) is 2.66. The summed E-state index contributed by atoms with van der Waals surface area (Å²) in [4.78, 5) is 13.0. The van der Waals surface area contributed by atoms with Gasteiger partial charge < -0.3 is 4.90 Å². The summed E-state index contributed by atoms with van der Waals surface area (Å²) in [5.41, 5.74) is -0.296. The molecule has 0 aromatic heterocycles. The van der Waals surface area contributed by atoms with Gasteiger partial charge in [-0.05, 0) is 17.7 Å². The van der Waals surface area contributed by atoms with Gasteiger partial charge in [0.05, 0.1) is 11.3 Å². The number of alkyl halides is 3. The summed E-state index contributed by atoms with van der Waals surface area (Å²) in [6, 6.07) is 4.35. The van der Waals surface area contributed by atoms with Crippen LogP contribution < -0.4 is 0 Å². The lowest BCUT2D eigenvalue weighted by Crippen LogP contribution is -2.25. The topological polar surface area (TPSA) is 54.5 Å². The van der Waals surface area contributed by atoms with Gasteiger partial charge in [0.1, 0.15) is 0 Å². The standard InChI is InChI=1S/C13H13F4NO3S/c14-13(15,16)11-3-1-9(2-4-11)6-18-7-10(5-12(18)19)8-22(17,20)21/h1-4,10H,5-8H2. The predicted octanol–water partition coefficient (Wildman–Crippen LogP) is 2.35. The van der Waals surface area contributed by atoms with Crippen LogP contribution in [0.2, 0.25) is 0 Å². The summed E-state index contributed by atoms with van der Waals surface area (Å²) < 4.78 is 71.1. The zero-order valence-electron chi connectivity index (χ0n) is 11.3. The van der Waals surface area contributed by atoms with E-state index in [2.05, 4.69) is 0 Å². The zero-order valence-corrected chi connectivity index (χ0v) is 12.1. The minimum Gasteiger partial charge on any atom is -0.338 e. The average molecular weight is 339 g/mol. The molecule has 1 aliphatic heterocycles. The van der Waals surface area contributed by atoms with E-state index in [9.17, 15) is 30.3 Å². The van der Waals surface area contributed by atoms with E-state index >= 15 is 0 Å². The normalized spacial score (nSPS) is 19.7. The van der Waals surface area contributed by atoms with Crippen molar-refractivity contribution < 1.29 is 30.3 Å². The van der Waals surface area contributed by atoms with Gasteiger partial charge in [-0.1, -0.05) is 12.1 Å². The number of amides is 1. The van der Waals surface area contributed by atoms with Gasteiger partial charge in [0.2, 0.25) is 5.91 Å². The van der Waals surface area contributed by atoms with Gasteiger partial charge in [-0.2, -0.15) is 21.6 Å². The molecule has 22 heavy (non-hydrogen) atoms. The molecule has 0 aliphatic carbocycles. The fraction of sp³-hybridized carbons (Fsp3) is 0.462. The third kappa shape index (κ3) is 4.43. The summed E-state index contributed by atoms with van der Waals surface area (Å²) in [6.45, 7) is 0.142. The second-order valence-electron chi connectivity index (χ2n) is 5.24. The van der Waals surface area contributed by atoms with E-state index in [0.29, 0.717) is 5.56 Å². The number of hydrogen-bond donors (Lipinski definition) is 0. The Morgan fingerprint density at radius 1 is 1.18 bits per heavy atom. The lowest BCUT2D eigenvalue weighted by Gasteiger charge is -2.17. The van der Waals surface area contributed by atoms with Gasteiger partial charge in [-0.15, -0.1) is 3.89 Å². The highest BCUT2D eigenvalue weighted by Crippen LogP contribution is 2.29. The first-order chi connectivity index (χ1) is 10.0. The molecule has 1 aliphatic rings. The number of likely N-dealkylation sites (tertiary alicyclic amines) is 1. The summed E-state index contributed by atoms with van der Waals surface area (Å²) in [7, 11) is -4.65. The highest BCUT2D eigenvalue weighted by atomic mass is 32.3. The Hall–Kier alpha value is -1.64. The maximum atomic E-state index is 12.6. The minimum absolute atomic E-state index is 0.0692. The number of rotatable bonds is 4. The lowest BCUT2D eigenvalue weighted by atomic mass is 10.1. The highest BCUT2D eigenvalue weighted by molar-refractivity contribution is 7.86. The molecule has 0 saturated carbocycles. The molecule has 1 amide bonds. The van der Waals surface area contributed by atoms with Gasteiger partial charge in [-0.3, -0.25) is 4.79 Å². The first kappa shape index (κ1) is 16.7. The second kappa shape index (κ2) is 5.86. The second-order valence-corrected chi connectivity index (χ2v) is 6.66. The van der Waals surface area contributed by atoms with Gasteiger partial charge in [0.25, 0.3) is 0 Å². The van der Waals surface area contributed by atoms with Crippen LogP contribution >= 0.6 is 0 Å². The minimum atomic E-state index is -4.65. The Morgan fingerprint density at radius 3 is 2.27 bits per heavy atom. The SMILES string of the molecule is O=C1CC(CS(=O)(=O)F)CN1Cc1ccc(C(F)(F)F)cc1. The Balaban J connectivity index is 2.01. The molecular formula is C13H13F4NO3S. The van der Waals surface area contributed by atoms with Crippen molar-refractivity contribution in [3.8, 4) is 0 Å². The molecule has 1 saturated heterocycles. The van der Waals surface area contributed by atoms with Crippen molar-refractivity contribution in [2.75, 3.05) is 12.3 Å². The first-order valence-electron chi connectivity index (χ1n) is 6.41. The maximum absolute atomic E-state index is 12.6. The fourth-order valence-corrected chi connectivity index (χ4v) is 3.21. The van der Waals surface area contributed by atoms with Crippen molar-refractivity contribution in [3.63, 3.8) is 0 Å². The van der Waals surface area contributed by atoms with Gasteiger partial charge in [0.15, 0.2) is 0 Å². The van der Waals surface area contributed by atoms with E-state index in [1.165, 1.54) is 17.0 Å². The summed E-state index contributed by atoms with van der Waals surface area (Å²) in [5, 5.41) is 0. The zero-order chi connectivity index (χ0) is 16.5. The third-order valence-electron chi connectivity index (χ3n) is 3.38. The molecule has 0 N–H and O–H groups in total. The largest absolute Gasteiger partial charge is 0.416 e. The molecule has 2 rings (SSSR count). The van der Waals surface area contributed by atoms with Crippen LogP contribution in [0.25, 0.3) is 0 Å². The molecule has 1 aromatic rings. The Bertz CT molecular complexity index is 655. The Labute approximate surface area is 124 Å². The smallest absolute Gasteiger partial charge is 0.338 e. The third-order valence-corrected chi connectivity index (χ3v) is 4.25. The first-order valence-corrected chi connectivity index (χ1v) is 7.96. The van der Waals surface area contributed by atoms with Gasteiger partial charge >= 0.3 is 16.4 Å². The molecule has 0 radical (unpaired) electrons. The van der Waals surface area contributed by atoms with E-state index in [4.69, 9.17) is 0 Å². The van der Waals surface area contributed by atoms with E-state index in [-0.39, 0.29) is 25.4 Å². The lowest BCUT2D eigenvalue weighted by molar-refractivity contribution is -0.137. The van der Waals surface area contributed by atoms with Crippen molar-refractivity contribution in [1.29, 1.82) is 0 Å². The van der Waals surface area contributed by atoms with Crippen LogP contribution in [0.15, 0.2) is 24.3 Å². The van der Waals surface area contributed by atoms with Crippen LogP contribution in [-0.2, 0) is 27.7 Å². The fourth-order valence-electron chi connectivity index (χ4n) is 2.42. The van der Waals surface area contributed by atoms with Crippen molar-refractivity contribution in [3.05, 3.63) is 35.4 Å². The number of carbonyl (C=O) groups excluding carboxylic acids is 1. The van der Waals surface area contributed by atoms with Gasteiger partial charge in [0, 0.05) is 25.4 Å². The van der Waals surface area contributed by atoms with Gasteiger partial charge in [-0.25, -0.2) is 0 Å². The van der Waals surface area contributed by atoms with Crippen LogP contribution in [-0.4, -0.2) is 31.5 Å². The highest BCUT2D eigenvalue weighted by Gasteiger charge is 2.33. The Kier molecular flexibility index (Phi) is 4.46. The van der Waals surface area contributed by atoms with Crippen LogP contribution in [0.4, 0.5) is 17.1 Å². The van der Waals surface area contributed by atoms with Crippen LogP contribution in [0, 0.1) is 5.92 Å². The number of carbonyl (C=O) groups is 1. The maximum Gasteiger partial charge on any atom is 0.416 e. The van der Waals surface area contributed by atoms with E-state index in [0.717, 1.165) is 12.1 Å². The predicted molar refractivity (Wildman–Crippen MR) is 69.9 cm³/mol. The molecule has 0 spiro atoms. The molecule has 9 heteroatoms. The summed E-state index contributed by atoms with van der Waals surface area (Å²) in [5.74, 6) is -1.69. The Morgan fingerprint density at radius 2 is 1.77 bits per heavy atom. The molecular weight excluding hydrogens is 326 g/mol. The number of halogens is 4. The summed E-state index contributed by atoms with van der Waals surface area (Å²) in [6.07, 6.45) is -4.51. The molecule has 1 fully saturated rings. The number of nitrogens with zero attached hydrogens (tertiary/aromatic N) is 1. The molecule has 1 aromatic carbocycles. The van der Waals surface area contributed by atoms with E-state index in [1.54, 1.807) is 0 Å². The van der Waals surface area contributed by atoms with Crippen molar-refractivity contribution in [2.24, 2.45) is 5.92 Å². The molecule has 4 nitrogen and oxygen atoms in total. The van der Waals surface area contributed by atoms with Crippen LogP contribution in [0.1, 0.15) is 17.5 Å². The van der Waals surface area contributed by atoms with E-state index < -0.39 is 33.6 Å². The van der Waals surface area contributed by atoms with Crippen LogP contribution in [0.3, 0.4) is 0 Å². The van der Waals surface area contributed by atoms with Crippen LogP contribution in [0.5, 0.6) is 0 Å². The monoisotopic (exact) mass is 339 g/mol. The van der Waals surface area contributed by atoms with Crippen molar-refractivity contribution in [1.82, 2.24) is 4.90 Å².